The zero-order valence-corrected chi connectivity index (χ0v) is 20.1. The van der Waals surface area contributed by atoms with Crippen LogP contribution in [0.15, 0.2) is 66.3 Å². The van der Waals surface area contributed by atoms with E-state index in [-0.39, 0.29) is 11.9 Å². The van der Waals surface area contributed by atoms with Crippen molar-refractivity contribution in [3.8, 4) is 11.5 Å². The van der Waals surface area contributed by atoms with Crippen molar-refractivity contribution >= 4 is 41.4 Å². The Morgan fingerprint density at radius 2 is 2.06 bits per heavy atom. The molecule has 1 aliphatic heterocycles. The molecule has 0 bridgehead atoms. The molecule has 2 aromatic carbocycles. The van der Waals surface area contributed by atoms with E-state index < -0.39 is 7.12 Å². The second kappa shape index (κ2) is 11.0. The van der Waals surface area contributed by atoms with Gasteiger partial charge in [-0.15, -0.1) is 0 Å². The van der Waals surface area contributed by atoms with Gasteiger partial charge in [-0.3, -0.25) is 0 Å². The third-order valence-corrected chi connectivity index (χ3v) is 6.30. The van der Waals surface area contributed by atoms with Crippen molar-refractivity contribution < 1.29 is 19.5 Å². The number of benzene rings is 2. The van der Waals surface area contributed by atoms with E-state index in [0.29, 0.717) is 12.1 Å². The smallest absolute Gasteiger partial charge is 0.458 e. The molecular weight excluding hydrogens is 502 g/mol. The van der Waals surface area contributed by atoms with Crippen LogP contribution in [-0.2, 0) is 4.65 Å². The summed E-state index contributed by atoms with van der Waals surface area (Å²) in [5, 5.41) is 20.2. The number of phenolic OH excluding ortho intramolecular Hbond substituents is 1. The van der Waals surface area contributed by atoms with Crippen LogP contribution in [0.2, 0.25) is 6.32 Å². The average Bonchev–Trinajstić information content (AvgIpc) is 2.78. The molecule has 0 radical (unpaired) electrons. The van der Waals surface area contributed by atoms with Crippen LogP contribution in [0.4, 0.5) is 0 Å². The van der Waals surface area contributed by atoms with Crippen LogP contribution in [0.1, 0.15) is 37.3 Å². The van der Waals surface area contributed by atoms with Crippen LogP contribution >= 0.6 is 22.6 Å². The Morgan fingerprint density at radius 1 is 1.32 bits per heavy atom. The van der Waals surface area contributed by atoms with Crippen LogP contribution in [-0.4, -0.2) is 30.5 Å². The summed E-state index contributed by atoms with van der Waals surface area (Å²) in [7, 11) is 0.780. The van der Waals surface area contributed by atoms with E-state index in [1.54, 1.807) is 7.11 Å². The number of phenols is 1. The zero-order chi connectivity index (χ0) is 22.4. The van der Waals surface area contributed by atoms with Gasteiger partial charge in [0.15, 0.2) is 11.5 Å². The molecule has 2 N–H and O–H groups in total. The fourth-order valence-corrected chi connectivity index (χ4v) is 4.38. The minimum absolute atomic E-state index is 0.152. The standard InChI is InChI=1S/C25H28BIO4/c1-4-17(2)21-12-13-26(29)31-23(21)11-10-20(19-8-6-5-7-9-19)14-18-15-22(27)25(28)24(16-18)30-3/h5-9,12,14-16,23,28-29H,2,4,10-11,13H2,1,3H3/b20-14-. The number of allylic oxidation sites excluding steroid dienone is 2. The Kier molecular flexibility index (Phi) is 8.40. The molecule has 0 aromatic heterocycles. The number of hydrogen-bond donors (Lipinski definition) is 2. The van der Waals surface area contributed by atoms with E-state index in [0.717, 1.165) is 50.7 Å². The van der Waals surface area contributed by atoms with Crippen molar-refractivity contribution in [2.24, 2.45) is 0 Å². The quantitative estimate of drug-likeness (QED) is 0.246. The van der Waals surface area contributed by atoms with E-state index in [1.165, 1.54) is 0 Å². The minimum Gasteiger partial charge on any atom is -0.504 e. The number of halogens is 1. The molecule has 4 nitrogen and oxygen atoms in total. The summed E-state index contributed by atoms with van der Waals surface area (Å²) in [5.41, 5.74) is 5.38. The molecule has 1 unspecified atom stereocenters. The van der Waals surface area contributed by atoms with Gasteiger partial charge < -0.3 is 19.5 Å². The molecule has 0 saturated heterocycles. The molecule has 0 saturated carbocycles. The van der Waals surface area contributed by atoms with Gasteiger partial charge in [0.1, 0.15) is 0 Å². The Balaban J connectivity index is 1.91. The number of rotatable bonds is 8. The molecule has 1 heterocycles. The summed E-state index contributed by atoms with van der Waals surface area (Å²) in [4.78, 5) is 0. The largest absolute Gasteiger partial charge is 0.504 e. The van der Waals surface area contributed by atoms with Gasteiger partial charge in [-0.25, -0.2) is 0 Å². The summed E-state index contributed by atoms with van der Waals surface area (Å²) in [5.74, 6) is 0.604. The van der Waals surface area contributed by atoms with Gasteiger partial charge in [0.25, 0.3) is 0 Å². The molecule has 0 aliphatic carbocycles. The Hall–Kier alpha value is -2.03. The third-order valence-electron chi connectivity index (χ3n) is 5.47. The Bertz CT molecular complexity index is 985. The second-order valence-electron chi connectivity index (χ2n) is 7.56. The molecule has 1 atom stereocenters. The predicted octanol–water partition coefficient (Wildman–Crippen LogP) is 6.10. The minimum atomic E-state index is -0.773. The Morgan fingerprint density at radius 3 is 2.74 bits per heavy atom. The molecular formula is C25H28BIO4. The first-order valence-electron chi connectivity index (χ1n) is 10.5. The van der Waals surface area contributed by atoms with Gasteiger partial charge in [-0.2, -0.15) is 0 Å². The molecule has 1 aliphatic rings. The molecule has 162 valence electrons. The highest BCUT2D eigenvalue weighted by Gasteiger charge is 2.28. The summed E-state index contributed by atoms with van der Waals surface area (Å²) in [6.45, 7) is 6.26. The SMILES string of the molecule is C=C(CC)C1=CCB(O)OC1CC/C(=C/c1cc(I)c(O)c(OC)c1)c1ccccc1. The highest BCUT2D eigenvalue weighted by Crippen LogP contribution is 2.35. The van der Waals surface area contributed by atoms with Gasteiger partial charge in [-0.05, 0) is 76.3 Å². The van der Waals surface area contributed by atoms with E-state index in [9.17, 15) is 10.1 Å². The number of ether oxygens (including phenoxy) is 1. The molecule has 0 amide bonds. The van der Waals surface area contributed by atoms with Crippen molar-refractivity contribution in [1.82, 2.24) is 0 Å². The highest BCUT2D eigenvalue weighted by molar-refractivity contribution is 14.1. The lowest BCUT2D eigenvalue weighted by molar-refractivity contribution is 0.184. The summed E-state index contributed by atoms with van der Waals surface area (Å²) < 4.78 is 11.9. The van der Waals surface area contributed by atoms with Gasteiger partial charge in [0.2, 0.25) is 0 Å². The molecule has 3 rings (SSSR count). The van der Waals surface area contributed by atoms with Crippen LogP contribution in [0, 0.1) is 3.57 Å². The van der Waals surface area contributed by atoms with Gasteiger partial charge in [-0.1, -0.05) is 61.6 Å². The molecule has 2 aromatic rings. The predicted molar refractivity (Wildman–Crippen MR) is 136 cm³/mol. The monoisotopic (exact) mass is 530 g/mol. The van der Waals surface area contributed by atoms with Gasteiger partial charge in [0, 0.05) is 6.32 Å². The van der Waals surface area contributed by atoms with Crippen LogP contribution in [0.3, 0.4) is 0 Å². The Labute approximate surface area is 198 Å². The van der Waals surface area contributed by atoms with Crippen LogP contribution < -0.4 is 4.74 Å². The fraction of sp³-hybridized carbons (Fsp3) is 0.280. The summed E-state index contributed by atoms with van der Waals surface area (Å²) >= 11 is 2.11. The topological polar surface area (TPSA) is 58.9 Å². The lowest BCUT2D eigenvalue weighted by atomic mass is 9.77. The van der Waals surface area contributed by atoms with Crippen LogP contribution in [0.5, 0.6) is 11.5 Å². The number of methoxy groups -OCH3 is 1. The maximum atomic E-state index is 10.2. The van der Waals surface area contributed by atoms with Crippen molar-refractivity contribution in [2.45, 2.75) is 38.6 Å². The molecule has 0 spiro atoms. The normalized spacial score (nSPS) is 16.8. The lowest BCUT2D eigenvalue weighted by Gasteiger charge is -2.28. The molecule has 6 heteroatoms. The first-order valence-corrected chi connectivity index (χ1v) is 11.5. The maximum Gasteiger partial charge on any atom is 0.458 e. The second-order valence-corrected chi connectivity index (χ2v) is 8.72. The van der Waals surface area contributed by atoms with E-state index >= 15 is 0 Å². The summed E-state index contributed by atoms with van der Waals surface area (Å²) in [6.07, 6.45) is 6.84. The van der Waals surface area contributed by atoms with Crippen molar-refractivity contribution in [1.29, 1.82) is 0 Å². The summed E-state index contributed by atoms with van der Waals surface area (Å²) in [6, 6.07) is 14.0. The zero-order valence-electron chi connectivity index (χ0n) is 18.0. The van der Waals surface area contributed by atoms with Crippen molar-refractivity contribution in [3.63, 3.8) is 0 Å². The fourth-order valence-electron chi connectivity index (χ4n) is 3.75. The molecule has 31 heavy (non-hydrogen) atoms. The van der Waals surface area contributed by atoms with Gasteiger partial charge >= 0.3 is 7.12 Å². The lowest BCUT2D eigenvalue weighted by Crippen LogP contribution is -2.31. The van der Waals surface area contributed by atoms with Crippen molar-refractivity contribution in [3.05, 3.63) is 81.0 Å². The van der Waals surface area contributed by atoms with E-state index in [1.807, 2.05) is 30.3 Å². The van der Waals surface area contributed by atoms with Gasteiger partial charge in [0.05, 0.1) is 16.8 Å². The number of aromatic hydroxyl groups is 1. The first kappa shape index (κ1) is 23.6. The maximum absolute atomic E-state index is 10.2. The highest BCUT2D eigenvalue weighted by atomic mass is 127. The van der Waals surface area contributed by atoms with Crippen LogP contribution in [0.25, 0.3) is 11.6 Å². The molecule has 0 fully saturated rings. The first-order chi connectivity index (χ1) is 14.9. The van der Waals surface area contributed by atoms with E-state index in [2.05, 4.69) is 60.4 Å². The van der Waals surface area contributed by atoms with E-state index in [4.69, 9.17) is 9.39 Å². The van der Waals surface area contributed by atoms with Crippen molar-refractivity contribution in [2.75, 3.05) is 7.11 Å². The third kappa shape index (κ3) is 6.02. The average molecular weight is 530 g/mol. The number of hydrogen-bond acceptors (Lipinski definition) is 4.